The first-order valence-corrected chi connectivity index (χ1v) is 8.63. The van der Waals surface area contributed by atoms with Crippen molar-refractivity contribution in [3.05, 3.63) is 65.7 Å². The largest absolute Gasteiger partial charge is 0.508 e. The second-order valence-electron chi connectivity index (χ2n) is 6.67. The third kappa shape index (κ3) is 2.67. The van der Waals surface area contributed by atoms with E-state index in [1.807, 2.05) is 35.2 Å². The van der Waals surface area contributed by atoms with E-state index in [-0.39, 0.29) is 23.9 Å². The quantitative estimate of drug-likeness (QED) is 0.943. The molecule has 4 heteroatoms. The van der Waals surface area contributed by atoms with Gasteiger partial charge in [-0.3, -0.25) is 9.69 Å². The highest BCUT2D eigenvalue weighted by molar-refractivity contribution is 5.84. The summed E-state index contributed by atoms with van der Waals surface area (Å²) in [5, 5.41) is 9.59. The number of hydrogen-bond donors (Lipinski definition) is 1. The number of fused-ring (bicyclic) bond motifs is 1. The number of amides is 1. The number of aromatic hydroxyl groups is 1. The molecule has 2 unspecified atom stereocenters. The van der Waals surface area contributed by atoms with E-state index in [1.165, 1.54) is 0 Å². The molecule has 0 radical (unpaired) electrons. The number of phenolic OH excluding ortho intramolecular Hbond substituents is 1. The lowest BCUT2D eigenvalue weighted by Gasteiger charge is -2.34. The second-order valence-corrected chi connectivity index (χ2v) is 6.67. The summed E-state index contributed by atoms with van der Waals surface area (Å²) in [5.41, 5.74) is 2.22. The van der Waals surface area contributed by atoms with E-state index in [9.17, 15) is 9.90 Å². The summed E-state index contributed by atoms with van der Waals surface area (Å²) in [6.07, 6.45) is 3.16. The van der Waals surface area contributed by atoms with E-state index in [0.717, 1.165) is 36.9 Å². The fraction of sp³-hybridized carbons (Fsp3) is 0.350. The van der Waals surface area contributed by atoms with Crippen LogP contribution in [0.4, 0.5) is 0 Å². The normalized spacial score (nSPS) is 24.2. The Labute approximate surface area is 142 Å². The molecule has 24 heavy (non-hydrogen) atoms. The van der Waals surface area contributed by atoms with Crippen molar-refractivity contribution in [3.8, 4) is 5.75 Å². The van der Waals surface area contributed by atoms with E-state index in [0.29, 0.717) is 6.54 Å². The van der Waals surface area contributed by atoms with Gasteiger partial charge in [0.05, 0.1) is 6.04 Å². The standard InChI is InChI=1S/C20H22N2O2/c23-17-11-9-16(10-12-17)19-21-13-5-4-8-18(21)20(24)22(19)14-15-6-2-1-3-7-15/h1-3,6-7,9-12,18-19,23H,4-5,8,13-14H2. The van der Waals surface area contributed by atoms with E-state index >= 15 is 0 Å². The molecular weight excluding hydrogens is 300 g/mol. The van der Waals surface area contributed by atoms with Crippen LogP contribution in [0.3, 0.4) is 0 Å². The first-order valence-electron chi connectivity index (χ1n) is 8.63. The van der Waals surface area contributed by atoms with Gasteiger partial charge in [-0.1, -0.05) is 48.9 Å². The van der Waals surface area contributed by atoms with Crippen LogP contribution in [-0.4, -0.2) is 33.4 Å². The molecule has 0 aliphatic carbocycles. The van der Waals surface area contributed by atoms with Crippen molar-refractivity contribution >= 4 is 5.91 Å². The molecule has 124 valence electrons. The van der Waals surface area contributed by atoms with Gasteiger partial charge in [0.2, 0.25) is 5.91 Å². The lowest BCUT2D eigenvalue weighted by Crippen LogP contribution is -2.38. The van der Waals surface area contributed by atoms with Gasteiger partial charge in [0.25, 0.3) is 0 Å². The Bertz CT molecular complexity index is 714. The van der Waals surface area contributed by atoms with Crippen molar-refractivity contribution in [2.45, 2.75) is 38.0 Å². The average molecular weight is 322 g/mol. The Balaban J connectivity index is 1.70. The summed E-state index contributed by atoms with van der Waals surface area (Å²) in [6.45, 7) is 1.57. The minimum absolute atomic E-state index is 0.00117. The van der Waals surface area contributed by atoms with Gasteiger partial charge in [0.1, 0.15) is 11.9 Å². The summed E-state index contributed by atoms with van der Waals surface area (Å²) in [5.74, 6) is 0.490. The van der Waals surface area contributed by atoms with Gasteiger partial charge in [0.15, 0.2) is 0 Å². The number of carbonyl (C=O) groups excluding carboxylic acids is 1. The fourth-order valence-electron chi connectivity index (χ4n) is 3.97. The highest BCUT2D eigenvalue weighted by Crippen LogP contribution is 2.39. The predicted octanol–water partition coefficient (Wildman–Crippen LogP) is 3.29. The van der Waals surface area contributed by atoms with Gasteiger partial charge in [-0.2, -0.15) is 0 Å². The van der Waals surface area contributed by atoms with Crippen LogP contribution < -0.4 is 0 Å². The number of hydrogen-bond acceptors (Lipinski definition) is 3. The monoisotopic (exact) mass is 322 g/mol. The van der Waals surface area contributed by atoms with Crippen molar-refractivity contribution in [1.29, 1.82) is 0 Å². The average Bonchev–Trinajstić information content (AvgIpc) is 2.89. The highest BCUT2D eigenvalue weighted by atomic mass is 16.3. The minimum Gasteiger partial charge on any atom is -0.508 e. The number of piperidine rings is 1. The van der Waals surface area contributed by atoms with Crippen molar-refractivity contribution in [2.24, 2.45) is 0 Å². The number of nitrogens with zero attached hydrogens (tertiary/aromatic N) is 2. The van der Waals surface area contributed by atoms with Gasteiger partial charge in [-0.15, -0.1) is 0 Å². The highest BCUT2D eigenvalue weighted by Gasteiger charge is 2.47. The van der Waals surface area contributed by atoms with Gasteiger partial charge < -0.3 is 10.0 Å². The fourth-order valence-corrected chi connectivity index (χ4v) is 3.97. The Morgan fingerprint density at radius 3 is 2.50 bits per heavy atom. The zero-order valence-electron chi connectivity index (χ0n) is 13.6. The van der Waals surface area contributed by atoms with Gasteiger partial charge >= 0.3 is 0 Å². The van der Waals surface area contributed by atoms with Crippen LogP contribution in [0.15, 0.2) is 54.6 Å². The smallest absolute Gasteiger partial charge is 0.241 e. The number of phenols is 1. The van der Waals surface area contributed by atoms with Gasteiger partial charge in [-0.05, 0) is 36.1 Å². The van der Waals surface area contributed by atoms with Crippen molar-refractivity contribution < 1.29 is 9.90 Å². The Morgan fingerprint density at radius 1 is 1.00 bits per heavy atom. The third-order valence-corrected chi connectivity index (χ3v) is 5.11. The van der Waals surface area contributed by atoms with Crippen LogP contribution in [0.25, 0.3) is 0 Å². The van der Waals surface area contributed by atoms with Crippen LogP contribution in [-0.2, 0) is 11.3 Å². The summed E-state index contributed by atoms with van der Waals surface area (Å²) in [7, 11) is 0. The molecule has 2 aromatic rings. The topological polar surface area (TPSA) is 43.8 Å². The maximum Gasteiger partial charge on any atom is 0.241 e. The summed E-state index contributed by atoms with van der Waals surface area (Å²) in [6, 6.07) is 17.4. The van der Waals surface area contributed by atoms with Gasteiger partial charge in [0, 0.05) is 13.1 Å². The molecule has 2 aliphatic rings. The van der Waals surface area contributed by atoms with E-state index in [4.69, 9.17) is 0 Å². The molecule has 0 bridgehead atoms. The number of benzene rings is 2. The Hall–Kier alpha value is -2.33. The Morgan fingerprint density at radius 2 is 1.75 bits per heavy atom. The molecule has 4 rings (SSSR count). The van der Waals surface area contributed by atoms with E-state index in [1.54, 1.807) is 12.1 Å². The van der Waals surface area contributed by atoms with Crippen LogP contribution in [0.2, 0.25) is 0 Å². The van der Waals surface area contributed by atoms with Crippen LogP contribution in [0.1, 0.15) is 36.6 Å². The lowest BCUT2D eigenvalue weighted by atomic mass is 10.0. The zero-order chi connectivity index (χ0) is 16.5. The summed E-state index contributed by atoms with van der Waals surface area (Å²) in [4.78, 5) is 17.4. The van der Waals surface area contributed by atoms with E-state index < -0.39 is 0 Å². The number of rotatable bonds is 3. The third-order valence-electron chi connectivity index (χ3n) is 5.11. The SMILES string of the molecule is O=C1C2CCCCN2C(c2ccc(O)cc2)N1Cc1ccccc1. The summed E-state index contributed by atoms with van der Waals surface area (Å²) < 4.78 is 0. The molecule has 4 nitrogen and oxygen atoms in total. The summed E-state index contributed by atoms with van der Waals surface area (Å²) >= 11 is 0. The maximum absolute atomic E-state index is 13.0. The minimum atomic E-state index is -0.0383. The molecule has 2 aromatic carbocycles. The molecular formula is C20H22N2O2. The van der Waals surface area contributed by atoms with Crippen LogP contribution in [0, 0.1) is 0 Å². The van der Waals surface area contributed by atoms with E-state index in [2.05, 4.69) is 17.0 Å². The molecule has 2 fully saturated rings. The molecule has 0 spiro atoms. The molecule has 1 N–H and O–H groups in total. The van der Waals surface area contributed by atoms with Crippen LogP contribution >= 0.6 is 0 Å². The van der Waals surface area contributed by atoms with Crippen molar-refractivity contribution in [1.82, 2.24) is 9.80 Å². The number of carbonyl (C=O) groups is 1. The van der Waals surface area contributed by atoms with Crippen LogP contribution in [0.5, 0.6) is 5.75 Å². The predicted molar refractivity (Wildman–Crippen MR) is 92.2 cm³/mol. The molecule has 2 saturated heterocycles. The molecule has 0 aromatic heterocycles. The first-order chi connectivity index (χ1) is 11.7. The zero-order valence-corrected chi connectivity index (χ0v) is 13.6. The molecule has 2 atom stereocenters. The molecule has 2 heterocycles. The first kappa shape index (κ1) is 15.2. The van der Waals surface area contributed by atoms with Crippen molar-refractivity contribution in [3.63, 3.8) is 0 Å². The second kappa shape index (κ2) is 6.29. The van der Waals surface area contributed by atoms with Crippen molar-refractivity contribution in [2.75, 3.05) is 6.54 Å². The van der Waals surface area contributed by atoms with Gasteiger partial charge in [-0.25, -0.2) is 0 Å². The molecule has 0 saturated carbocycles. The molecule has 2 aliphatic heterocycles. The lowest BCUT2D eigenvalue weighted by molar-refractivity contribution is -0.131. The Kier molecular flexibility index (Phi) is 3.98. The maximum atomic E-state index is 13.0. The molecule has 1 amide bonds.